The van der Waals surface area contributed by atoms with Crippen molar-refractivity contribution >= 4 is 23.6 Å². The van der Waals surface area contributed by atoms with E-state index in [0.717, 1.165) is 29.9 Å². The molecule has 2 heterocycles. The summed E-state index contributed by atoms with van der Waals surface area (Å²) in [6.45, 7) is 0.892. The monoisotopic (exact) mass is 363 g/mol. The Labute approximate surface area is 152 Å². The number of hydrogen-bond donors (Lipinski definition) is 1. The van der Waals surface area contributed by atoms with Gasteiger partial charge in [0, 0.05) is 30.3 Å². The first kappa shape index (κ1) is 18.0. The number of rotatable bonds is 7. The maximum atomic E-state index is 12.8. The molecule has 1 aliphatic carbocycles. The average molecular weight is 363 g/mol. The number of ether oxygens (including phenoxy) is 1. The van der Waals surface area contributed by atoms with Gasteiger partial charge in [0.05, 0.1) is 24.9 Å². The van der Waals surface area contributed by atoms with Crippen LogP contribution in [0.5, 0.6) is 5.88 Å². The molecule has 1 aliphatic heterocycles. The van der Waals surface area contributed by atoms with E-state index >= 15 is 0 Å². The lowest BCUT2D eigenvalue weighted by atomic mass is 10.1. The van der Waals surface area contributed by atoms with Crippen LogP contribution in [0.1, 0.15) is 53.7 Å². The van der Waals surface area contributed by atoms with Crippen LogP contribution in [0.25, 0.3) is 0 Å². The predicted molar refractivity (Wildman–Crippen MR) is 97.8 cm³/mol. The van der Waals surface area contributed by atoms with E-state index in [0.29, 0.717) is 37.0 Å². The first-order chi connectivity index (χ1) is 12.1. The molecule has 0 atom stereocenters. The predicted octanol–water partition coefficient (Wildman–Crippen LogP) is 2.36. The second kappa shape index (κ2) is 8.08. The number of nitrogens with one attached hydrogen (secondary N) is 1. The van der Waals surface area contributed by atoms with Crippen LogP contribution in [0, 0.1) is 0 Å². The number of amides is 2. The van der Waals surface area contributed by atoms with Crippen molar-refractivity contribution in [2.45, 2.75) is 51.2 Å². The van der Waals surface area contributed by atoms with Crippen molar-refractivity contribution in [1.29, 1.82) is 0 Å². The molecule has 0 unspecified atom stereocenters. The molecule has 7 heteroatoms. The molecule has 2 amide bonds. The van der Waals surface area contributed by atoms with Gasteiger partial charge >= 0.3 is 0 Å². The lowest BCUT2D eigenvalue weighted by Crippen LogP contribution is -2.33. The second-order valence-corrected chi connectivity index (χ2v) is 7.53. The van der Waals surface area contributed by atoms with Gasteiger partial charge in [-0.2, -0.15) is 11.8 Å². The van der Waals surface area contributed by atoms with Crippen LogP contribution in [0.15, 0.2) is 6.07 Å². The molecule has 1 fully saturated rings. The molecule has 1 saturated carbocycles. The van der Waals surface area contributed by atoms with Gasteiger partial charge in [0.25, 0.3) is 5.91 Å². The van der Waals surface area contributed by atoms with Gasteiger partial charge in [-0.15, -0.1) is 0 Å². The molecule has 136 valence electrons. The van der Waals surface area contributed by atoms with Gasteiger partial charge in [-0.1, -0.05) is 12.8 Å². The first-order valence-corrected chi connectivity index (χ1v) is 10.2. The number of nitrogens with zero attached hydrogens (tertiary/aromatic N) is 2. The summed E-state index contributed by atoms with van der Waals surface area (Å²) in [6.07, 6.45) is 6.99. The van der Waals surface area contributed by atoms with Gasteiger partial charge in [0.2, 0.25) is 11.8 Å². The summed E-state index contributed by atoms with van der Waals surface area (Å²) in [5.41, 5.74) is 2.19. The summed E-state index contributed by atoms with van der Waals surface area (Å²) in [7, 11) is 1.57. The fourth-order valence-electron chi connectivity index (χ4n) is 3.56. The molecule has 0 aromatic carbocycles. The molecular weight excluding hydrogens is 338 g/mol. The second-order valence-electron chi connectivity index (χ2n) is 6.54. The fourth-order valence-corrected chi connectivity index (χ4v) is 3.95. The zero-order valence-corrected chi connectivity index (χ0v) is 15.7. The van der Waals surface area contributed by atoms with Crippen LogP contribution in [0.2, 0.25) is 0 Å². The maximum absolute atomic E-state index is 12.8. The van der Waals surface area contributed by atoms with E-state index in [9.17, 15) is 9.59 Å². The van der Waals surface area contributed by atoms with Gasteiger partial charge in [0.1, 0.15) is 0 Å². The topological polar surface area (TPSA) is 71.5 Å². The highest BCUT2D eigenvalue weighted by atomic mass is 32.2. The van der Waals surface area contributed by atoms with E-state index in [1.807, 2.05) is 17.2 Å². The van der Waals surface area contributed by atoms with Crippen LogP contribution in [-0.4, -0.2) is 46.9 Å². The number of pyridine rings is 1. The van der Waals surface area contributed by atoms with E-state index < -0.39 is 0 Å². The largest absolute Gasteiger partial charge is 0.481 e. The molecule has 0 radical (unpaired) electrons. The van der Waals surface area contributed by atoms with Gasteiger partial charge in [-0.3, -0.25) is 9.59 Å². The Morgan fingerprint density at radius 3 is 2.88 bits per heavy atom. The zero-order valence-electron chi connectivity index (χ0n) is 14.8. The Morgan fingerprint density at radius 2 is 2.20 bits per heavy atom. The minimum absolute atomic E-state index is 0.00388. The van der Waals surface area contributed by atoms with Crippen LogP contribution in [0.4, 0.5) is 0 Å². The standard InChI is InChI=1S/C18H25N3O3S/c1-24-17-12(10-19-16(22)7-8-25-2)9-14-15(20-17)11-21(18(14)23)13-5-3-4-6-13/h9,13H,3-8,10-11H2,1-2H3,(H,19,22). The molecule has 1 N–H and O–H groups in total. The van der Waals surface area contributed by atoms with Crippen molar-refractivity contribution in [3.8, 4) is 5.88 Å². The van der Waals surface area contributed by atoms with Gasteiger partial charge in [-0.25, -0.2) is 4.98 Å². The zero-order chi connectivity index (χ0) is 17.8. The Hall–Kier alpha value is -1.76. The summed E-state index contributed by atoms with van der Waals surface area (Å²) in [5.74, 6) is 1.34. The minimum Gasteiger partial charge on any atom is -0.481 e. The summed E-state index contributed by atoms with van der Waals surface area (Å²) in [6, 6.07) is 2.18. The number of methoxy groups -OCH3 is 1. The number of thioether (sulfide) groups is 1. The van der Waals surface area contributed by atoms with Crippen molar-refractivity contribution in [3.05, 3.63) is 22.9 Å². The van der Waals surface area contributed by atoms with Crippen LogP contribution >= 0.6 is 11.8 Å². The number of aromatic nitrogens is 1. The van der Waals surface area contributed by atoms with E-state index in [4.69, 9.17) is 4.74 Å². The maximum Gasteiger partial charge on any atom is 0.256 e. The molecule has 2 aliphatic rings. The van der Waals surface area contributed by atoms with E-state index in [1.54, 1.807) is 18.9 Å². The highest BCUT2D eigenvalue weighted by Gasteiger charge is 2.35. The lowest BCUT2D eigenvalue weighted by Gasteiger charge is -2.22. The fraction of sp³-hybridized carbons (Fsp3) is 0.611. The summed E-state index contributed by atoms with van der Waals surface area (Å²) < 4.78 is 5.38. The number of hydrogen-bond acceptors (Lipinski definition) is 5. The summed E-state index contributed by atoms with van der Waals surface area (Å²) >= 11 is 1.64. The van der Waals surface area contributed by atoms with Crippen LogP contribution < -0.4 is 10.1 Å². The summed E-state index contributed by atoms with van der Waals surface area (Å²) in [4.78, 5) is 31.1. The molecule has 25 heavy (non-hydrogen) atoms. The molecule has 6 nitrogen and oxygen atoms in total. The van der Waals surface area contributed by atoms with Crippen molar-refractivity contribution < 1.29 is 14.3 Å². The van der Waals surface area contributed by atoms with E-state index in [1.165, 1.54) is 12.8 Å². The van der Waals surface area contributed by atoms with Crippen molar-refractivity contribution in [3.63, 3.8) is 0 Å². The highest BCUT2D eigenvalue weighted by molar-refractivity contribution is 7.98. The van der Waals surface area contributed by atoms with Gasteiger partial charge in [-0.05, 0) is 25.2 Å². The lowest BCUT2D eigenvalue weighted by molar-refractivity contribution is -0.120. The quantitative estimate of drug-likeness (QED) is 0.805. The first-order valence-electron chi connectivity index (χ1n) is 8.77. The van der Waals surface area contributed by atoms with Crippen molar-refractivity contribution in [2.75, 3.05) is 19.1 Å². The van der Waals surface area contributed by atoms with E-state index in [-0.39, 0.29) is 11.8 Å². The smallest absolute Gasteiger partial charge is 0.256 e. The third-order valence-corrected chi connectivity index (χ3v) is 5.53. The number of fused-ring (bicyclic) bond motifs is 1. The SMILES string of the molecule is COc1nc2c(cc1CNC(=O)CCSC)C(=O)N(C1CCCC1)C2. The van der Waals surface area contributed by atoms with Gasteiger partial charge in [0.15, 0.2) is 0 Å². The molecule has 0 saturated heterocycles. The van der Waals surface area contributed by atoms with Crippen LogP contribution in [-0.2, 0) is 17.9 Å². The number of carbonyl (C=O) groups excluding carboxylic acids is 2. The average Bonchev–Trinajstić information content (AvgIpc) is 3.25. The Balaban J connectivity index is 1.74. The van der Waals surface area contributed by atoms with Crippen LogP contribution in [0.3, 0.4) is 0 Å². The third kappa shape index (κ3) is 3.92. The number of carbonyl (C=O) groups is 2. The van der Waals surface area contributed by atoms with E-state index in [2.05, 4.69) is 10.3 Å². The molecule has 0 spiro atoms. The molecule has 3 rings (SSSR count). The highest BCUT2D eigenvalue weighted by Crippen LogP contribution is 2.33. The third-order valence-electron chi connectivity index (χ3n) is 4.92. The molecule has 1 aromatic rings. The van der Waals surface area contributed by atoms with Crippen molar-refractivity contribution in [2.24, 2.45) is 0 Å². The molecule has 0 bridgehead atoms. The Morgan fingerprint density at radius 1 is 1.44 bits per heavy atom. The Bertz CT molecular complexity index is 659. The normalized spacial score (nSPS) is 17.0. The molecular formula is C18H25N3O3S. The van der Waals surface area contributed by atoms with Crippen molar-refractivity contribution in [1.82, 2.24) is 15.2 Å². The van der Waals surface area contributed by atoms with Gasteiger partial charge < -0.3 is 15.0 Å². The summed E-state index contributed by atoms with van der Waals surface area (Å²) in [5, 5.41) is 2.88. The Kier molecular flexibility index (Phi) is 5.83. The minimum atomic E-state index is -0.00388. The molecule has 1 aromatic heterocycles.